The molecule has 1 aliphatic rings. The maximum Gasteiger partial charge on any atom is 0.407 e. The van der Waals surface area contributed by atoms with Gasteiger partial charge in [-0.05, 0) is 77.8 Å². The van der Waals surface area contributed by atoms with Crippen molar-refractivity contribution in [3.05, 3.63) is 35.9 Å². The van der Waals surface area contributed by atoms with E-state index in [9.17, 15) is 13.2 Å². The number of hydrogen-bond donors (Lipinski definition) is 1. The second-order valence-electron chi connectivity index (χ2n) is 9.36. The number of carbonyl (C=O) groups is 1. The van der Waals surface area contributed by atoms with Gasteiger partial charge in [-0.2, -0.15) is 0 Å². The third-order valence-electron chi connectivity index (χ3n) is 5.33. The molecule has 1 aromatic heterocycles. The van der Waals surface area contributed by atoms with Gasteiger partial charge in [0.1, 0.15) is 5.60 Å². The zero-order valence-corrected chi connectivity index (χ0v) is 20.3. The predicted octanol–water partition coefficient (Wildman–Crippen LogP) is 5.49. The Hall–Kier alpha value is -1.93. The summed E-state index contributed by atoms with van der Waals surface area (Å²) in [6.07, 6.45) is 6.41. The molecule has 0 aliphatic heterocycles. The summed E-state index contributed by atoms with van der Waals surface area (Å²) in [5.41, 5.74) is 1.09. The normalized spacial score (nSPS) is 20.6. The van der Waals surface area contributed by atoms with E-state index in [0.29, 0.717) is 5.92 Å². The van der Waals surface area contributed by atoms with E-state index in [2.05, 4.69) is 16.4 Å². The molecule has 0 spiro atoms. The third kappa shape index (κ3) is 7.04. The summed E-state index contributed by atoms with van der Waals surface area (Å²) in [4.78, 5) is 16.2. The van der Waals surface area contributed by atoms with Crippen LogP contribution < -0.4 is 5.32 Å². The molecule has 31 heavy (non-hydrogen) atoms. The molecule has 1 fully saturated rings. The van der Waals surface area contributed by atoms with Crippen LogP contribution in [0.15, 0.2) is 40.3 Å². The molecule has 0 atom stereocenters. The molecule has 0 radical (unpaired) electrons. The van der Waals surface area contributed by atoms with E-state index >= 15 is 0 Å². The lowest BCUT2D eigenvalue weighted by molar-refractivity contribution is 0.0487. The highest BCUT2D eigenvalue weighted by Gasteiger charge is 2.25. The van der Waals surface area contributed by atoms with Gasteiger partial charge in [0.15, 0.2) is 0 Å². The second-order valence-corrected chi connectivity index (χ2v) is 12.6. The Morgan fingerprint density at radius 2 is 1.90 bits per heavy atom. The van der Waals surface area contributed by atoms with Crippen LogP contribution in [0, 0.1) is 5.92 Å². The van der Waals surface area contributed by atoms with Crippen LogP contribution in [0.1, 0.15) is 59.8 Å². The predicted molar refractivity (Wildman–Crippen MR) is 125 cm³/mol. The van der Waals surface area contributed by atoms with Crippen molar-refractivity contribution >= 4 is 37.5 Å². The molecule has 1 amide bonds. The minimum Gasteiger partial charge on any atom is -0.444 e. The van der Waals surface area contributed by atoms with Crippen LogP contribution in [-0.2, 0) is 14.6 Å². The molecular formula is C23H32N2O4S2. The van der Waals surface area contributed by atoms with Crippen LogP contribution in [0.4, 0.5) is 4.79 Å². The molecular weight excluding hydrogens is 432 g/mol. The summed E-state index contributed by atoms with van der Waals surface area (Å²) in [6.45, 7) is 7.44. The van der Waals surface area contributed by atoms with E-state index in [1.165, 1.54) is 11.3 Å². The first-order chi connectivity index (χ1) is 14.5. The quantitative estimate of drug-likeness (QED) is 0.571. The van der Waals surface area contributed by atoms with Gasteiger partial charge in [-0.25, -0.2) is 18.2 Å². The highest BCUT2D eigenvalue weighted by Crippen LogP contribution is 2.29. The number of nitrogens with zero attached hydrogens (tertiary/aromatic N) is 1. The molecule has 170 valence electrons. The number of carbonyl (C=O) groups excluding carboxylic acids is 1. The number of aromatic nitrogens is 1. The molecule has 1 aliphatic carbocycles. The highest BCUT2D eigenvalue weighted by atomic mass is 32.2. The zero-order valence-electron chi connectivity index (χ0n) is 18.7. The summed E-state index contributed by atoms with van der Waals surface area (Å²) in [5, 5.41) is 2.96. The van der Waals surface area contributed by atoms with E-state index in [1.54, 1.807) is 0 Å². The van der Waals surface area contributed by atoms with Gasteiger partial charge >= 0.3 is 6.09 Å². The molecule has 2 aromatic rings. The lowest BCUT2D eigenvalue weighted by atomic mass is 9.84. The summed E-state index contributed by atoms with van der Waals surface area (Å²) < 4.78 is 31.9. The number of fused-ring (bicyclic) bond motifs is 1. The Kier molecular flexibility index (Phi) is 7.42. The first-order valence-electron chi connectivity index (χ1n) is 10.8. The van der Waals surface area contributed by atoms with Crippen molar-refractivity contribution in [1.82, 2.24) is 10.3 Å². The van der Waals surface area contributed by atoms with Gasteiger partial charge in [-0.3, -0.25) is 0 Å². The van der Waals surface area contributed by atoms with E-state index in [0.717, 1.165) is 47.9 Å². The molecule has 1 aromatic carbocycles. The Balaban J connectivity index is 1.48. The van der Waals surface area contributed by atoms with E-state index in [4.69, 9.17) is 4.74 Å². The first kappa shape index (κ1) is 23.7. The molecule has 0 unspecified atom stereocenters. The summed E-state index contributed by atoms with van der Waals surface area (Å²) in [5.74, 6) is 0.513. The van der Waals surface area contributed by atoms with Gasteiger partial charge < -0.3 is 10.1 Å². The Morgan fingerprint density at radius 1 is 1.23 bits per heavy atom. The molecule has 3 rings (SSSR count). The van der Waals surface area contributed by atoms with Crippen molar-refractivity contribution < 1.29 is 17.9 Å². The van der Waals surface area contributed by atoms with E-state index in [1.807, 2.05) is 52.0 Å². The van der Waals surface area contributed by atoms with Crippen LogP contribution in [0.3, 0.4) is 0 Å². The minimum atomic E-state index is -3.43. The third-order valence-corrected chi connectivity index (χ3v) is 8.63. The molecule has 1 heterocycles. The van der Waals surface area contributed by atoms with Gasteiger partial charge in [0.05, 0.1) is 16.0 Å². The Labute approximate surface area is 189 Å². The number of para-hydroxylation sites is 1. The van der Waals surface area contributed by atoms with Gasteiger partial charge in [0.25, 0.3) is 0 Å². The average molecular weight is 465 g/mol. The molecule has 1 saturated carbocycles. The van der Waals surface area contributed by atoms with Crippen LogP contribution in [0.25, 0.3) is 10.2 Å². The second kappa shape index (κ2) is 9.69. The van der Waals surface area contributed by atoms with E-state index in [-0.39, 0.29) is 22.2 Å². The lowest BCUT2D eigenvalue weighted by Gasteiger charge is -2.29. The largest absolute Gasteiger partial charge is 0.444 e. The number of amides is 1. The van der Waals surface area contributed by atoms with Crippen LogP contribution in [0.2, 0.25) is 0 Å². The van der Waals surface area contributed by atoms with Gasteiger partial charge in [-0.15, -0.1) is 11.3 Å². The van der Waals surface area contributed by atoms with Crippen LogP contribution >= 0.6 is 11.3 Å². The number of nitrogens with one attached hydrogen (secondary N) is 1. The number of rotatable bonds is 6. The maximum atomic E-state index is 12.8. The number of allylic oxidation sites excluding steroid dienone is 1. The van der Waals surface area contributed by atoms with Crippen molar-refractivity contribution in [2.45, 2.75) is 75.8 Å². The summed E-state index contributed by atoms with van der Waals surface area (Å²) in [6, 6.07) is 7.63. The van der Waals surface area contributed by atoms with E-state index < -0.39 is 15.4 Å². The topological polar surface area (TPSA) is 85.4 Å². The number of alkyl carbamates (subject to hydrolysis) is 1. The molecule has 8 heteroatoms. The number of sulfone groups is 1. The fourth-order valence-electron chi connectivity index (χ4n) is 3.79. The fraction of sp³-hybridized carbons (Fsp3) is 0.565. The molecule has 1 N–H and O–H groups in total. The minimum absolute atomic E-state index is 0.00235. The Morgan fingerprint density at radius 3 is 2.55 bits per heavy atom. The lowest BCUT2D eigenvalue weighted by Crippen LogP contribution is -2.40. The average Bonchev–Trinajstić information content (AvgIpc) is 3.11. The van der Waals surface area contributed by atoms with Gasteiger partial charge in [0, 0.05) is 6.04 Å². The summed E-state index contributed by atoms with van der Waals surface area (Å²) >= 11 is 1.23. The van der Waals surface area contributed by atoms with Crippen molar-refractivity contribution in [1.29, 1.82) is 0 Å². The molecule has 6 nitrogen and oxygen atoms in total. The van der Waals surface area contributed by atoms with Gasteiger partial charge in [0.2, 0.25) is 14.2 Å². The fourth-order valence-corrected chi connectivity index (χ4v) is 6.52. The molecule has 0 bridgehead atoms. The smallest absolute Gasteiger partial charge is 0.407 e. The van der Waals surface area contributed by atoms with Crippen molar-refractivity contribution in [3.8, 4) is 0 Å². The zero-order chi connectivity index (χ0) is 22.6. The number of benzene rings is 1. The first-order valence-corrected chi connectivity index (χ1v) is 13.2. The SMILES string of the molecule is C/C(=C\CC1CCC(NC(=O)OC(C)(C)C)CC1)CS(=O)(=O)c1nc2ccccc2s1. The van der Waals surface area contributed by atoms with Crippen molar-refractivity contribution in [3.63, 3.8) is 0 Å². The highest BCUT2D eigenvalue weighted by molar-refractivity contribution is 7.93. The number of thiazole rings is 1. The van der Waals surface area contributed by atoms with Crippen molar-refractivity contribution in [2.75, 3.05) is 5.75 Å². The Bertz CT molecular complexity index is 1010. The number of hydrogen-bond acceptors (Lipinski definition) is 6. The summed E-state index contributed by atoms with van der Waals surface area (Å²) in [7, 11) is -3.43. The van der Waals surface area contributed by atoms with Gasteiger partial charge in [-0.1, -0.05) is 23.8 Å². The number of ether oxygens (including phenoxy) is 1. The van der Waals surface area contributed by atoms with Crippen LogP contribution in [0.5, 0.6) is 0 Å². The van der Waals surface area contributed by atoms with Crippen LogP contribution in [-0.4, -0.2) is 36.9 Å². The monoisotopic (exact) mass is 464 g/mol. The molecule has 0 saturated heterocycles. The standard InChI is InChI=1S/C23H32N2O4S2/c1-16(15-31(27,28)22-25-19-7-5-6-8-20(19)30-22)9-10-17-11-13-18(14-12-17)24-21(26)29-23(2,3)4/h5-9,17-18H,10-15H2,1-4H3,(H,24,26)/b16-9+. The van der Waals surface area contributed by atoms with Crippen molar-refractivity contribution in [2.24, 2.45) is 5.92 Å². The maximum absolute atomic E-state index is 12.8.